The first-order chi connectivity index (χ1) is 9.52. The van der Waals surface area contributed by atoms with Crippen LogP contribution < -0.4 is 5.32 Å². The lowest BCUT2D eigenvalue weighted by Crippen LogP contribution is -2.15. The van der Waals surface area contributed by atoms with E-state index in [1.165, 1.54) is 0 Å². The number of carbonyl (C=O) groups is 1. The van der Waals surface area contributed by atoms with Gasteiger partial charge in [-0.05, 0) is 38.4 Å². The highest BCUT2D eigenvalue weighted by atomic mass is 35.5. The second-order valence-corrected chi connectivity index (χ2v) is 6.08. The Bertz CT molecular complexity index is 580. The average Bonchev–Trinajstić information content (AvgIpc) is 2.78. The number of hydrogen-bond donors (Lipinski definition) is 1. The molecule has 0 fully saturated rings. The van der Waals surface area contributed by atoms with Gasteiger partial charge in [0.1, 0.15) is 5.01 Å². The van der Waals surface area contributed by atoms with E-state index in [9.17, 15) is 4.79 Å². The van der Waals surface area contributed by atoms with Crippen LogP contribution >= 0.6 is 22.9 Å². The van der Waals surface area contributed by atoms with Gasteiger partial charge in [-0.25, -0.2) is 4.98 Å². The van der Waals surface area contributed by atoms with Crippen molar-refractivity contribution in [1.29, 1.82) is 0 Å². The van der Waals surface area contributed by atoms with Gasteiger partial charge in [-0.15, -0.1) is 11.3 Å². The maximum absolute atomic E-state index is 11.9. The summed E-state index contributed by atoms with van der Waals surface area (Å²) < 4.78 is 0. The van der Waals surface area contributed by atoms with Crippen LogP contribution in [0.3, 0.4) is 0 Å². The number of amides is 1. The zero-order valence-corrected chi connectivity index (χ0v) is 13.0. The number of anilines is 1. The van der Waals surface area contributed by atoms with Crippen molar-refractivity contribution in [2.45, 2.75) is 13.0 Å². The summed E-state index contributed by atoms with van der Waals surface area (Å²) in [5, 5.41) is 6.42. The zero-order valence-electron chi connectivity index (χ0n) is 11.4. The lowest BCUT2D eigenvalue weighted by atomic mass is 10.3. The van der Waals surface area contributed by atoms with E-state index in [0.29, 0.717) is 5.02 Å². The van der Waals surface area contributed by atoms with Crippen LogP contribution in [-0.2, 0) is 17.8 Å². The van der Waals surface area contributed by atoms with Gasteiger partial charge in [0.05, 0.1) is 12.1 Å². The van der Waals surface area contributed by atoms with Crippen molar-refractivity contribution in [1.82, 2.24) is 9.88 Å². The predicted molar refractivity (Wildman–Crippen MR) is 83.3 cm³/mol. The summed E-state index contributed by atoms with van der Waals surface area (Å²) in [6, 6.07) is 7.04. The van der Waals surface area contributed by atoms with E-state index in [1.54, 1.807) is 35.6 Å². The van der Waals surface area contributed by atoms with E-state index >= 15 is 0 Å². The molecule has 2 aromatic rings. The normalized spacial score (nSPS) is 10.8. The summed E-state index contributed by atoms with van der Waals surface area (Å²) in [5.41, 5.74) is 1.54. The van der Waals surface area contributed by atoms with Gasteiger partial charge < -0.3 is 10.2 Å². The molecule has 20 heavy (non-hydrogen) atoms. The van der Waals surface area contributed by atoms with Crippen molar-refractivity contribution < 1.29 is 4.79 Å². The van der Waals surface area contributed by atoms with Crippen LogP contribution in [0.25, 0.3) is 0 Å². The maximum Gasteiger partial charge on any atom is 0.230 e. The zero-order chi connectivity index (χ0) is 14.5. The lowest BCUT2D eigenvalue weighted by molar-refractivity contribution is -0.115. The van der Waals surface area contributed by atoms with E-state index in [-0.39, 0.29) is 12.3 Å². The molecular formula is C14H16ClN3OS. The molecule has 106 valence electrons. The minimum atomic E-state index is -0.0750. The number of carbonyl (C=O) groups excluding carboxylic acids is 1. The first kappa shape index (κ1) is 15.0. The topological polar surface area (TPSA) is 45.2 Å². The molecule has 1 aromatic carbocycles. The number of rotatable bonds is 5. The molecule has 0 saturated carbocycles. The van der Waals surface area contributed by atoms with Gasteiger partial charge in [-0.3, -0.25) is 4.79 Å². The monoisotopic (exact) mass is 309 g/mol. The number of benzene rings is 1. The van der Waals surface area contributed by atoms with E-state index in [1.807, 2.05) is 19.5 Å². The first-order valence-corrected chi connectivity index (χ1v) is 7.42. The largest absolute Gasteiger partial charge is 0.326 e. The third-order valence-electron chi connectivity index (χ3n) is 2.52. The van der Waals surface area contributed by atoms with Crippen LogP contribution in [0.15, 0.2) is 29.6 Å². The van der Waals surface area contributed by atoms with Gasteiger partial charge in [-0.2, -0.15) is 0 Å². The number of aromatic nitrogens is 1. The highest BCUT2D eigenvalue weighted by Gasteiger charge is 2.08. The van der Waals surface area contributed by atoms with Crippen LogP contribution in [0.4, 0.5) is 5.69 Å². The minimum Gasteiger partial charge on any atom is -0.326 e. The standard InChI is InChI=1S/C14H16ClN3OS/c1-18(2)8-14-17-12(9-20-14)7-13(19)16-11-5-3-10(15)4-6-11/h3-6,9H,7-8H2,1-2H3,(H,16,19). The highest BCUT2D eigenvalue weighted by molar-refractivity contribution is 7.09. The summed E-state index contributed by atoms with van der Waals surface area (Å²) in [4.78, 5) is 18.4. The predicted octanol–water partition coefficient (Wildman–Crippen LogP) is 3.04. The van der Waals surface area contributed by atoms with Gasteiger partial charge >= 0.3 is 0 Å². The maximum atomic E-state index is 11.9. The fourth-order valence-corrected chi connectivity index (χ4v) is 2.71. The molecule has 4 nitrogen and oxygen atoms in total. The summed E-state index contributed by atoms with van der Waals surface area (Å²) in [6.07, 6.45) is 0.284. The van der Waals surface area contributed by atoms with Crippen LogP contribution in [-0.4, -0.2) is 29.9 Å². The van der Waals surface area contributed by atoms with Crippen LogP contribution in [0.1, 0.15) is 10.7 Å². The van der Waals surface area contributed by atoms with Crippen molar-refractivity contribution in [2.24, 2.45) is 0 Å². The molecule has 1 heterocycles. The van der Waals surface area contributed by atoms with Crippen molar-refractivity contribution in [2.75, 3.05) is 19.4 Å². The Balaban J connectivity index is 1.91. The molecule has 0 saturated heterocycles. The molecule has 0 aliphatic carbocycles. The molecule has 0 aliphatic heterocycles. The fraction of sp³-hybridized carbons (Fsp3) is 0.286. The van der Waals surface area contributed by atoms with Crippen LogP contribution in [0.2, 0.25) is 5.02 Å². The molecule has 2 rings (SSSR count). The van der Waals surface area contributed by atoms with Crippen molar-refractivity contribution in [3.05, 3.63) is 45.4 Å². The van der Waals surface area contributed by atoms with Crippen LogP contribution in [0.5, 0.6) is 0 Å². The Morgan fingerprint density at radius 2 is 2.05 bits per heavy atom. The molecule has 1 amide bonds. The molecule has 0 atom stereocenters. The molecule has 1 N–H and O–H groups in total. The summed E-state index contributed by atoms with van der Waals surface area (Å²) in [6.45, 7) is 0.795. The SMILES string of the molecule is CN(C)Cc1nc(CC(=O)Nc2ccc(Cl)cc2)cs1. The first-order valence-electron chi connectivity index (χ1n) is 6.16. The summed E-state index contributed by atoms with van der Waals surface area (Å²) >= 11 is 7.37. The number of halogens is 1. The summed E-state index contributed by atoms with van der Waals surface area (Å²) in [5.74, 6) is -0.0750. The molecule has 1 aromatic heterocycles. The van der Waals surface area contributed by atoms with Gasteiger partial charge in [-0.1, -0.05) is 11.6 Å². The lowest BCUT2D eigenvalue weighted by Gasteiger charge is -2.05. The molecule has 0 spiro atoms. The fourth-order valence-electron chi connectivity index (χ4n) is 1.68. The molecule has 6 heteroatoms. The molecule has 0 aliphatic rings. The van der Waals surface area contributed by atoms with Gasteiger partial charge in [0, 0.05) is 22.6 Å². The third kappa shape index (κ3) is 4.59. The number of nitrogens with one attached hydrogen (secondary N) is 1. The average molecular weight is 310 g/mol. The van der Waals surface area contributed by atoms with Crippen molar-refractivity contribution in [3.8, 4) is 0 Å². The molecular weight excluding hydrogens is 294 g/mol. The Labute approximate surface area is 127 Å². The Morgan fingerprint density at radius 3 is 2.70 bits per heavy atom. The van der Waals surface area contributed by atoms with Crippen molar-refractivity contribution in [3.63, 3.8) is 0 Å². The van der Waals surface area contributed by atoms with Gasteiger partial charge in [0.15, 0.2) is 0 Å². The Kier molecular flexibility index (Phi) is 5.11. The number of nitrogens with zero attached hydrogens (tertiary/aromatic N) is 2. The Hall–Kier alpha value is -1.43. The van der Waals surface area contributed by atoms with Crippen LogP contribution in [0, 0.1) is 0 Å². The Morgan fingerprint density at radius 1 is 1.35 bits per heavy atom. The molecule has 0 radical (unpaired) electrons. The van der Waals surface area contributed by atoms with Crippen molar-refractivity contribution >= 4 is 34.5 Å². The second kappa shape index (κ2) is 6.83. The molecule has 0 unspecified atom stereocenters. The van der Waals surface area contributed by atoms with E-state index < -0.39 is 0 Å². The third-order valence-corrected chi connectivity index (χ3v) is 3.65. The highest BCUT2D eigenvalue weighted by Crippen LogP contribution is 2.15. The molecule has 0 bridgehead atoms. The van der Waals surface area contributed by atoms with E-state index in [2.05, 4.69) is 15.2 Å². The van der Waals surface area contributed by atoms with E-state index in [0.717, 1.165) is 22.9 Å². The minimum absolute atomic E-state index is 0.0750. The smallest absolute Gasteiger partial charge is 0.230 e. The quantitative estimate of drug-likeness (QED) is 0.923. The number of hydrogen-bond acceptors (Lipinski definition) is 4. The second-order valence-electron chi connectivity index (χ2n) is 4.70. The summed E-state index contributed by atoms with van der Waals surface area (Å²) in [7, 11) is 3.99. The number of thiazole rings is 1. The van der Waals surface area contributed by atoms with Gasteiger partial charge in [0.25, 0.3) is 0 Å². The van der Waals surface area contributed by atoms with E-state index in [4.69, 9.17) is 11.6 Å². The van der Waals surface area contributed by atoms with Gasteiger partial charge in [0.2, 0.25) is 5.91 Å².